The molecule has 0 saturated heterocycles. The number of rotatable bonds is 15. The average molecular weight is 355 g/mol. The first-order valence-corrected chi connectivity index (χ1v) is 11.0. The Morgan fingerprint density at radius 1 is 0.750 bits per heavy atom. The van der Waals surface area contributed by atoms with Gasteiger partial charge in [-0.15, -0.1) is 11.3 Å². The molecule has 0 radical (unpaired) electrons. The first-order chi connectivity index (χ1) is 11.7. The van der Waals surface area contributed by atoms with Gasteiger partial charge in [0, 0.05) is 10.8 Å². The third-order valence-corrected chi connectivity index (χ3v) is 5.45. The molecular formula is C21H38O2S. The van der Waals surface area contributed by atoms with Crippen LogP contribution in [0.15, 0.2) is 10.8 Å². The van der Waals surface area contributed by atoms with E-state index in [4.69, 9.17) is 9.47 Å². The van der Waals surface area contributed by atoms with Gasteiger partial charge in [0.25, 0.3) is 0 Å². The molecule has 3 heteroatoms. The zero-order valence-corrected chi connectivity index (χ0v) is 17.1. The summed E-state index contributed by atoms with van der Waals surface area (Å²) < 4.78 is 12.2. The summed E-state index contributed by atoms with van der Waals surface area (Å²) in [4.78, 5) is 0. The molecule has 0 fully saturated rings. The largest absolute Gasteiger partial charge is 0.489 e. The van der Waals surface area contributed by atoms with E-state index in [2.05, 4.69) is 38.5 Å². The van der Waals surface area contributed by atoms with E-state index >= 15 is 0 Å². The Labute approximate surface area is 154 Å². The summed E-state index contributed by atoms with van der Waals surface area (Å²) in [7, 11) is 0. The molecule has 0 amide bonds. The van der Waals surface area contributed by atoms with Crippen LogP contribution in [0.4, 0.5) is 0 Å². The lowest BCUT2D eigenvalue weighted by Gasteiger charge is -2.18. The van der Waals surface area contributed by atoms with Gasteiger partial charge in [-0.1, -0.05) is 66.2 Å². The summed E-state index contributed by atoms with van der Waals surface area (Å²) in [5, 5.41) is 4.17. The molecule has 1 heterocycles. The van der Waals surface area contributed by atoms with Gasteiger partial charge in [0.15, 0.2) is 11.5 Å². The zero-order chi connectivity index (χ0) is 17.6. The summed E-state index contributed by atoms with van der Waals surface area (Å²) in [5.74, 6) is 3.23. The minimum Gasteiger partial charge on any atom is -0.489 e. The number of thiophene rings is 1. The minimum atomic E-state index is 0.662. The maximum atomic E-state index is 6.12. The van der Waals surface area contributed by atoms with Crippen LogP contribution in [0.3, 0.4) is 0 Å². The molecule has 2 nitrogen and oxygen atoms in total. The van der Waals surface area contributed by atoms with Crippen LogP contribution < -0.4 is 9.47 Å². The van der Waals surface area contributed by atoms with Gasteiger partial charge in [0.05, 0.1) is 13.2 Å². The van der Waals surface area contributed by atoms with Crippen LogP contribution in [0.5, 0.6) is 11.5 Å². The van der Waals surface area contributed by atoms with Gasteiger partial charge in [-0.2, -0.15) is 0 Å². The van der Waals surface area contributed by atoms with Gasteiger partial charge >= 0.3 is 0 Å². The monoisotopic (exact) mass is 354 g/mol. The van der Waals surface area contributed by atoms with Crippen LogP contribution in [0.25, 0.3) is 0 Å². The van der Waals surface area contributed by atoms with E-state index in [1.165, 1.54) is 57.8 Å². The third kappa shape index (κ3) is 8.41. The maximum absolute atomic E-state index is 6.12. The quantitative estimate of drug-likeness (QED) is 0.328. The fraction of sp³-hybridized carbons (Fsp3) is 0.810. The lowest BCUT2D eigenvalue weighted by atomic mass is 9.98. The van der Waals surface area contributed by atoms with Crippen molar-refractivity contribution in [1.82, 2.24) is 0 Å². The molecule has 1 aromatic heterocycles. The highest BCUT2D eigenvalue weighted by Gasteiger charge is 2.13. The van der Waals surface area contributed by atoms with Crippen molar-refractivity contribution in [3.05, 3.63) is 10.8 Å². The standard InChI is InChI=1S/C21H38O2S/c1-5-9-12-18(8-4)14-22-20-16-24-17-21(20)23-15-19(11-7-3)13-10-6-2/h16-19H,5-15H2,1-4H3. The van der Waals surface area contributed by atoms with E-state index in [1.54, 1.807) is 11.3 Å². The molecule has 0 saturated carbocycles. The van der Waals surface area contributed by atoms with Crippen molar-refractivity contribution < 1.29 is 9.47 Å². The Bertz CT molecular complexity index is 402. The van der Waals surface area contributed by atoms with Crippen LogP contribution in [0, 0.1) is 11.8 Å². The Kier molecular flexibility index (Phi) is 12.1. The van der Waals surface area contributed by atoms with E-state index in [1.807, 2.05) is 0 Å². The van der Waals surface area contributed by atoms with E-state index < -0.39 is 0 Å². The highest BCUT2D eigenvalue weighted by Crippen LogP contribution is 2.33. The molecule has 0 bridgehead atoms. The van der Waals surface area contributed by atoms with E-state index in [9.17, 15) is 0 Å². The van der Waals surface area contributed by atoms with Crippen molar-refractivity contribution in [3.8, 4) is 11.5 Å². The maximum Gasteiger partial charge on any atom is 0.171 e. The molecule has 0 aliphatic heterocycles. The number of ether oxygens (including phenoxy) is 2. The predicted octanol–water partition coefficient (Wildman–Crippen LogP) is 7.33. The Morgan fingerprint density at radius 3 is 1.79 bits per heavy atom. The third-order valence-electron chi connectivity index (χ3n) is 4.75. The number of hydrogen-bond donors (Lipinski definition) is 0. The fourth-order valence-corrected chi connectivity index (χ4v) is 3.69. The summed E-state index contributed by atoms with van der Waals surface area (Å²) in [6.07, 6.45) is 11.4. The molecule has 0 N–H and O–H groups in total. The number of hydrogen-bond acceptors (Lipinski definition) is 3. The Morgan fingerprint density at radius 2 is 1.29 bits per heavy atom. The molecular weight excluding hydrogens is 316 g/mol. The van der Waals surface area contributed by atoms with Gasteiger partial charge < -0.3 is 9.47 Å². The predicted molar refractivity (Wildman–Crippen MR) is 107 cm³/mol. The van der Waals surface area contributed by atoms with Crippen molar-refractivity contribution in [2.24, 2.45) is 11.8 Å². The summed E-state index contributed by atoms with van der Waals surface area (Å²) in [5.41, 5.74) is 0. The molecule has 0 aromatic carbocycles. The van der Waals surface area contributed by atoms with Crippen LogP contribution in [-0.4, -0.2) is 13.2 Å². The van der Waals surface area contributed by atoms with Crippen molar-refractivity contribution >= 4 is 11.3 Å². The van der Waals surface area contributed by atoms with Gasteiger partial charge in [-0.05, 0) is 31.1 Å². The van der Waals surface area contributed by atoms with Crippen molar-refractivity contribution in [3.63, 3.8) is 0 Å². The van der Waals surface area contributed by atoms with E-state index in [0.29, 0.717) is 11.8 Å². The summed E-state index contributed by atoms with van der Waals surface area (Å²) >= 11 is 1.68. The second kappa shape index (κ2) is 13.6. The molecule has 2 unspecified atom stereocenters. The molecule has 1 aromatic rings. The van der Waals surface area contributed by atoms with Gasteiger partial charge in [-0.25, -0.2) is 0 Å². The molecule has 1 rings (SSSR count). The molecule has 2 atom stereocenters. The fourth-order valence-electron chi connectivity index (χ4n) is 3.01. The zero-order valence-electron chi connectivity index (χ0n) is 16.3. The highest BCUT2D eigenvalue weighted by atomic mass is 32.1. The Balaban J connectivity index is 2.45. The van der Waals surface area contributed by atoms with Crippen molar-refractivity contribution in [2.75, 3.05) is 13.2 Å². The van der Waals surface area contributed by atoms with Gasteiger partial charge in [-0.3, -0.25) is 0 Å². The molecule has 0 spiro atoms. The smallest absolute Gasteiger partial charge is 0.171 e. The van der Waals surface area contributed by atoms with Gasteiger partial charge in [0.1, 0.15) is 0 Å². The molecule has 140 valence electrons. The topological polar surface area (TPSA) is 18.5 Å². The lowest BCUT2D eigenvalue weighted by Crippen LogP contribution is -2.14. The first kappa shape index (κ1) is 21.3. The van der Waals surface area contributed by atoms with Crippen LogP contribution >= 0.6 is 11.3 Å². The normalized spacial score (nSPS) is 13.7. The van der Waals surface area contributed by atoms with E-state index in [0.717, 1.165) is 24.7 Å². The average Bonchev–Trinajstić information content (AvgIpc) is 3.05. The van der Waals surface area contributed by atoms with Gasteiger partial charge in [0.2, 0.25) is 0 Å². The molecule has 0 aliphatic rings. The highest BCUT2D eigenvalue weighted by molar-refractivity contribution is 7.08. The Hall–Kier alpha value is -0.700. The summed E-state index contributed by atoms with van der Waals surface area (Å²) in [6.45, 7) is 10.7. The molecule has 0 aliphatic carbocycles. The van der Waals surface area contributed by atoms with Crippen LogP contribution in [0.2, 0.25) is 0 Å². The van der Waals surface area contributed by atoms with Crippen LogP contribution in [0.1, 0.15) is 85.5 Å². The second-order valence-corrected chi connectivity index (χ2v) is 7.68. The summed E-state index contributed by atoms with van der Waals surface area (Å²) in [6, 6.07) is 0. The SMILES string of the molecule is CCCCC(CC)COc1cscc1OCC(CCC)CCCC. The van der Waals surface area contributed by atoms with Crippen LogP contribution in [-0.2, 0) is 0 Å². The second-order valence-electron chi connectivity index (χ2n) is 6.94. The van der Waals surface area contributed by atoms with E-state index in [-0.39, 0.29) is 0 Å². The van der Waals surface area contributed by atoms with Crippen molar-refractivity contribution in [2.45, 2.75) is 85.5 Å². The molecule has 24 heavy (non-hydrogen) atoms. The van der Waals surface area contributed by atoms with Crippen molar-refractivity contribution in [1.29, 1.82) is 0 Å². The first-order valence-electron chi connectivity index (χ1n) is 10.1. The number of unbranched alkanes of at least 4 members (excludes halogenated alkanes) is 2. The minimum absolute atomic E-state index is 0.662. The lowest BCUT2D eigenvalue weighted by molar-refractivity contribution is 0.198.